The lowest BCUT2D eigenvalue weighted by molar-refractivity contribution is -0.166. The molecule has 0 N–H and O–H groups in total. The molecule has 0 aromatic rings. The first-order valence-electron chi connectivity index (χ1n) is 30.4. The Labute approximate surface area is 440 Å². The first-order chi connectivity index (χ1) is 35.0. The van der Waals surface area contributed by atoms with Gasteiger partial charge in [-0.1, -0.05) is 280 Å². The van der Waals surface area contributed by atoms with Gasteiger partial charge in [-0.2, -0.15) is 0 Å². The smallest absolute Gasteiger partial charge is 0.306 e. The molecule has 0 bridgehead atoms. The van der Waals surface area contributed by atoms with Gasteiger partial charge in [-0.25, -0.2) is 0 Å². The van der Waals surface area contributed by atoms with E-state index in [-0.39, 0.29) is 37.5 Å². The molecule has 0 heterocycles. The molecule has 0 spiro atoms. The topological polar surface area (TPSA) is 78.9 Å². The van der Waals surface area contributed by atoms with E-state index in [0.29, 0.717) is 19.3 Å². The van der Waals surface area contributed by atoms with E-state index in [1.165, 1.54) is 173 Å². The number of ether oxygens (including phenoxy) is 3. The fourth-order valence-corrected chi connectivity index (χ4v) is 8.67. The molecule has 410 valence electrons. The van der Waals surface area contributed by atoms with Crippen molar-refractivity contribution in [1.29, 1.82) is 0 Å². The van der Waals surface area contributed by atoms with E-state index >= 15 is 0 Å². The average molecular weight is 992 g/mol. The number of rotatable bonds is 55. The third kappa shape index (κ3) is 57.6. The van der Waals surface area contributed by atoms with Crippen LogP contribution in [0.1, 0.15) is 303 Å². The zero-order valence-electron chi connectivity index (χ0n) is 47.0. The lowest BCUT2D eigenvalue weighted by Gasteiger charge is -2.18. The van der Waals surface area contributed by atoms with Gasteiger partial charge >= 0.3 is 17.9 Å². The highest BCUT2D eigenvalue weighted by atomic mass is 16.6. The Morgan fingerprint density at radius 2 is 0.577 bits per heavy atom. The van der Waals surface area contributed by atoms with Crippen molar-refractivity contribution in [2.75, 3.05) is 13.2 Å². The molecule has 0 radical (unpaired) electrons. The van der Waals surface area contributed by atoms with Gasteiger partial charge in [-0.05, 0) is 77.0 Å². The molecule has 0 rings (SSSR count). The second kappa shape index (κ2) is 59.4. The molecule has 0 aliphatic heterocycles. The number of unbranched alkanes of at least 4 members (excludes halogenated alkanes) is 32. The molecule has 1 unspecified atom stereocenters. The second-order valence-electron chi connectivity index (χ2n) is 20.2. The van der Waals surface area contributed by atoms with Crippen molar-refractivity contribution in [2.24, 2.45) is 0 Å². The second-order valence-corrected chi connectivity index (χ2v) is 20.2. The summed E-state index contributed by atoms with van der Waals surface area (Å²) < 4.78 is 16.6. The quantitative estimate of drug-likeness (QED) is 0.0261. The van der Waals surface area contributed by atoms with Crippen molar-refractivity contribution in [3.63, 3.8) is 0 Å². The Bertz CT molecular complexity index is 1320. The minimum atomic E-state index is -0.807. The molecule has 1 atom stereocenters. The summed E-state index contributed by atoms with van der Waals surface area (Å²) in [6, 6.07) is 0. The normalized spacial score (nSPS) is 12.5. The van der Waals surface area contributed by atoms with Crippen molar-refractivity contribution in [2.45, 2.75) is 309 Å². The van der Waals surface area contributed by atoms with E-state index in [1.807, 2.05) is 12.2 Å². The predicted molar refractivity (Wildman–Crippen MR) is 307 cm³/mol. The van der Waals surface area contributed by atoms with E-state index < -0.39 is 6.10 Å². The van der Waals surface area contributed by atoms with Crippen LogP contribution < -0.4 is 0 Å². The van der Waals surface area contributed by atoms with Gasteiger partial charge in [-0.3, -0.25) is 14.4 Å². The summed E-state index contributed by atoms with van der Waals surface area (Å²) in [5, 5.41) is 0. The first kappa shape index (κ1) is 67.8. The summed E-state index contributed by atoms with van der Waals surface area (Å²) in [6.07, 6.45) is 77.2. The number of hydrogen-bond donors (Lipinski definition) is 0. The van der Waals surface area contributed by atoms with Gasteiger partial charge in [0.15, 0.2) is 6.10 Å². The summed E-state index contributed by atoms with van der Waals surface area (Å²) in [5.74, 6) is -0.992. The minimum Gasteiger partial charge on any atom is -0.462 e. The van der Waals surface area contributed by atoms with Crippen LogP contribution >= 0.6 is 0 Å². The van der Waals surface area contributed by atoms with Gasteiger partial charge in [0.1, 0.15) is 13.2 Å². The monoisotopic (exact) mass is 991 g/mol. The van der Waals surface area contributed by atoms with Gasteiger partial charge < -0.3 is 14.2 Å². The Balaban J connectivity index is 3.88. The summed E-state index contributed by atoms with van der Waals surface area (Å²) >= 11 is 0. The van der Waals surface area contributed by atoms with Crippen molar-refractivity contribution in [3.05, 3.63) is 72.9 Å². The molecule has 6 heteroatoms. The summed E-state index contributed by atoms with van der Waals surface area (Å²) in [7, 11) is 0. The van der Waals surface area contributed by atoms with Crippen LogP contribution in [-0.4, -0.2) is 37.2 Å². The Kier molecular flexibility index (Phi) is 56.8. The van der Waals surface area contributed by atoms with Gasteiger partial charge in [0.2, 0.25) is 0 Å². The van der Waals surface area contributed by atoms with E-state index in [4.69, 9.17) is 14.2 Å². The maximum atomic E-state index is 12.7. The zero-order valence-corrected chi connectivity index (χ0v) is 47.0. The van der Waals surface area contributed by atoms with E-state index in [0.717, 1.165) is 83.5 Å². The Hall–Kier alpha value is -3.15. The molecule has 0 amide bonds. The molecule has 0 saturated heterocycles. The van der Waals surface area contributed by atoms with E-state index in [9.17, 15) is 14.4 Å². The highest BCUT2D eigenvalue weighted by Gasteiger charge is 2.19. The van der Waals surface area contributed by atoms with Crippen LogP contribution in [0, 0.1) is 0 Å². The van der Waals surface area contributed by atoms with Gasteiger partial charge in [0, 0.05) is 19.3 Å². The highest BCUT2D eigenvalue weighted by molar-refractivity contribution is 5.71. The fourth-order valence-electron chi connectivity index (χ4n) is 8.67. The van der Waals surface area contributed by atoms with Gasteiger partial charge in [0.05, 0.1) is 0 Å². The molecule has 0 aliphatic carbocycles. The van der Waals surface area contributed by atoms with E-state index in [1.54, 1.807) is 0 Å². The molecule has 0 aliphatic rings. The van der Waals surface area contributed by atoms with Crippen LogP contribution in [0.4, 0.5) is 0 Å². The fraction of sp³-hybridized carbons (Fsp3) is 0.769. The van der Waals surface area contributed by atoms with Crippen molar-refractivity contribution in [3.8, 4) is 0 Å². The molecule has 0 aromatic carbocycles. The summed E-state index contributed by atoms with van der Waals surface area (Å²) in [6.45, 7) is 6.38. The summed E-state index contributed by atoms with van der Waals surface area (Å²) in [5.41, 5.74) is 0. The van der Waals surface area contributed by atoms with Gasteiger partial charge in [-0.15, -0.1) is 0 Å². The van der Waals surface area contributed by atoms with Crippen molar-refractivity contribution in [1.82, 2.24) is 0 Å². The molecular weight excluding hydrogens is 877 g/mol. The highest BCUT2D eigenvalue weighted by Crippen LogP contribution is 2.17. The SMILES string of the molecule is CC/C=C\C/C=C\C/C=C\C/C=C\CCC(=O)OC(COC(=O)CCCCCCC)COC(=O)CCCCCCCCCCCCCCCCCCCCCCCCC/C=C\C/C=C\CCCCCCC. The average Bonchev–Trinajstić information content (AvgIpc) is 3.37. The first-order valence-corrected chi connectivity index (χ1v) is 30.4. The number of carbonyl (C=O) groups excluding carboxylic acids is 3. The number of hydrogen-bond acceptors (Lipinski definition) is 6. The van der Waals surface area contributed by atoms with Crippen LogP contribution in [-0.2, 0) is 28.6 Å². The van der Waals surface area contributed by atoms with Crippen LogP contribution in [0.25, 0.3) is 0 Å². The zero-order chi connectivity index (χ0) is 51.4. The maximum Gasteiger partial charge on any atom is 0.306 e. The largest absolute Gasteiger partial charge is 0.462 e. The molecule has 6 nitrogen and oxygen atoms in total. The number of esters is 3. The van der Waals surface area contributed by atoms with Gasteiger partial charge in [0.25, 0.3) is 0 Å². The molecular formula is C65H114O6. The molecule has 0 saturated carbocycles. The number of allylic oxidation sites excluding steroid dienone is 12. The predicted octanol–water partition coefficient (Wildman–Crippen LogP) is 20.5. The lowest BCUT2D eigenvalue weighted by Crippen LogP contribution is -2.30. The van der Waals surface area contributed by atoms with Crippen LogP contribution in [0.15, 0.2) is 72.9 Å². The van der Waals surface area contributed by atoms with Crippen LogP contribution in [0.2, 0.25) is 0 Å². The van der Waals surface area contributed by atoms with Crippen molar-refractivity contribution < 1.29 is 28.6 Å². The third-order valence-corrected chi connectivity index (χ3v) is 13.2. The Morgan fingerprint density at radius 1 is 0.296 bits per heavy atom. The van der Waals surface area contributed by atoms with E-state index in [2.05, 4.69) is 81.5 Å². The minimum absolute atomic E-state index is 0.101. The number of carbonyl (C=O) groups is 3. The maximum absolute atomic E-state index is 12.7. The molecule has 0 aromatic heterocycles. The standard InChI is InChI=1S/C65H114O6/c1-4-7-10-13-15-17-19-21-22-23-24-25-26-27-28-29-30-31-32-33-34-35-36-37-38-39-40-41-42-44-45-47-49-52-55-58-64(67)70-61-62(60-69-63(66)57-54-51-12-9-6-3)71-65(68)59-56-53-50-48-46-43-20-18-16-14-11-8-5-2/h8,11,16,18-19,21,23-24,43,46,50,53,62H,4-7,9-10,12-15,17,20,22,25-42,44-45,47-49,51-52,54-61H2,1-3H3/b11-8-,18-16-,21-19-,24-23-,46-43-,53-50-. The van der Waals surface area contributed by atoms with Crippen molar-refractivity contribution >= 4 is 17.9 Å². The molecule has 0 fully saturated rings. The Morgan fingerprint density at radius 3 is 0.915 bits per heavy atom. The third-order valence-electron chi connectivity index (χ3n) is 13.2. The van der Waals surface area contributed by atoms with Crippen LogP contribution in [0.5, 0.6) is 0 Å². The lowest BCUT2D eigenvalue weighted by atomic mass is 10.0. The molecule has 71 heavy (non-hydrogen) atoms. The van der Waals surface area contributed by atoms with Crippen LogP contribution in [0.3, 0.4) is 0 Å². The summed E-state index contributed by atoms with van der Waals surface area (Å²) in [4.78, 5) is 37.7.